The van der Waals surface area contributed by atoms with Crippen LogP contribution in [-0.2, 0) is 0 Å². The van der Waals surface area contributed by atoms with Crippen molar-refractivity contribution in [3.8, 4) is 11.4 Å². The predicted octanol–water partition coefficient (Wildman–Crippen LogP) is 2.60. The average molecular weight is 257 g/mol. The van der Waals surface area contributed by atoms with E-state index in [0.717, 1.165) is 24.0 Å². The van der Waals surface area contributed by atoms with E-state index in [1.165, 1.54) is 0 Å². The van der Waals surface area contributed by atoms with Crippen LogP contribution in [0.2, 0.25) is 0 Å². The Morgan fingerprint density at radius 3 is 2.63 bits per heavy atom. The molecular formula is C14H15N3O2. The Morgan fingerprint density at radius 1 is 1.32 bits per heavy atom. The van der Waals surface area contributed by atoms with Crippen LogP contribution in [0, 0.1) is 13.8 Å². The number of rotatable bonds is 3. The third-order valence-corrected chi connectivity index (χ3v) is 3.57. The lowest BCUT2D eigenvalue weighted by Crippen LogP contribution is -2.07. The molecule has 1 aliphatic rings. The van der Waals surface area contributed by atoms with E-state index in [4.69, 9.17) is 0 Å². The predicted molar refractivity (Wildman–Crippen MR) is 70.2 cm³/mol. The van der Waals surface area contributed by atoms with Crippen LogP contribution in [-0.4, -0.2) is 25.8 Å². The summed E-state index contributed by atoms with van der Waals surface area (Å²) >= 11 is 0. The molecule has 1 aromatic heterocycles. The molecule has 0 spiro atoms. The first-order valence-corrected chi connectivity index (χ1v) is 6.33. The van der Waals surface area contributed by atoms with Gasteiger partial charge in [0.1, 0.15) is 6.33 Å². The van der Waals surface area contributed by atoms with E-state index in [1.54, 1.807) is 6.33 Å². The van der Waals surface area contributed by atoms with Crippen molar-refractivity contribution in [2.24, 2.45) is 0 Å². The zero-order valence-corrected chi connectivity index (χ0v) is 10.9. The number of aromatic carboxylic acids is 1. The quantitative estimate of drug-likeness (QED) is 0.917. The van der Waals surface area contributed by atoms with Crippen LogP contribution in [0.1, 0.15) is 40.4 Å². The fourth-order valence-electron chi connectivity index (χ4n) is 2.42. The Hall–Kier alpha value is -2.17. The molecule has 0 unspecified atom stereocenters. The summed E-state index contributed by atoms with van der Waals surface area (Å²) in [4.78, 5) is 11.5. The van der Waals surface area contributed by atoms with E-state index >= 15 is 0 Å². The first kappa shape index (κ1) is 11.9. The number of carbonyl (C=O) groups is 1. The molecular weight excluding hydrogens is 242 g/mol. The zero-order valence-electron chi connectivity index (χ0n) is 10.9. The van der Waals surface area contributed by atoms with Crippen LogP contribution >= 0.6 is 0 Å². The summed E-state index contributed by atoms with van der Waals surface area (Å²) < 4.78 is 1.99. The van der Waals surface area contributed by atoms with Crippen molar-refractivity contribution < 1.29 is 9.90 Å². The molecule has 19 heavy (non-hydrogen) atoms. The second-order valence-electron chi connectivity index (χ2n) is 5.05. The first-order valence-electron chi connectivity index (χ1n) is 6.33. The number of aryl methyl sites for hydroxylation is 2. The molecule has 2 aromatic rings. The van der Waals surface area contributed by atoms with Gasteiger partial charge in [0, 0.05) is 11.6 Å². The maximum absolute atomic E-state index is 11.5. The van der Waals surface area contributed by atoms with Crippen molar-refractivity contribution in [3.05, 3.63) is 35.2 Å². The van der Waals surface area contributed by atoms with Gasteiger partial charge in [-0.2, -0.15) is 0 Å². The van der Waals surface area contributed by atoms with Gasteiger partial charge in [0.2, 0.25) is 0 Å². The smallest absolute Gasteiger partial charge is 0.336 e. The SMILES string of the molecule is Cc1ccc(C)c(-c2nncn2C2CC2)c1C(=O)O. The number of hydrogen-bond acceptors (Lipinski definition) is 3. The standard InChI is InChI=1S/C14H15N3O2/c1-8-3-4-9(2)12(14(18)19)11(8)13-16-15-7-17(13)10-5-6-10/h3-4,7,10H,5-6H2,1-2H3,(H,18,19). The molecule has 0 aliphatic heterocycles. The molecule has 0 radical (unpaired) electrons. The molecule has 1 saturated carbocycles. The van der Waals surface area contributed by atoms with Gasteiger partial charge in [0.25, 0.3) is 0 Å². The molecule has 1 fully saturated rings. The van der Waals surface area contributed by atoms with E-state index in [9.17, 15) is 9.90 Å². The number of carboxylic acids is 1. The van der Waals surface area contributed by atoms with E-state index in [0.29, 0.717) is 23.0 Å². The number of nitrogens with zero attached hydrogens (tertiary/aromatic N) is 3. The van der Waals surface area contributed by atoms with E-state index in [1.807, 2.05) is 30.5 Å². The Kier molecular flexibility index (Phi) is 2.62. The topological polar surface area (TPSA) is 68.0 Å². The van der Waals surface area contributed by atoms with Gasteiger partial charge in [0.15, 0.2) is 5.82 Å². The van der Waals surface area contributed by atoms with Crippen LogP contribution < -0.4 is 0 Å². The summed E-state index contributed by atoms with van der Waals surface area (Å²) in [6.07, 6.45) is 3.91. The molecule has 3 rings (SSSR count). The van der Waals surface area contributed by atoms with Crippen molar-refractivity contribution in [2.45, 2.75) is 32.7 Å². The minimum atomic E-state index is -0.915. The highest BCUT2D eigenvalue weighted by Crippen LogP contribution is 2.39. The Morgan fingerprint density at radius 2 is 2.00 bits per heavy atom. The first-order chi connectivity index (χ1) is 9.09. The molecule has 5 heteroatoms. The van der Waals surface area contributed by atoms with Crippen LogP contribution in [0.4, 0.5) is 0 Å². The minimum absolute atomic E-state index is 0.329. The van der Waals surface area contributed by atoms with Crippen LogP contribution in [0.25, 0.3) is 11.4 Å². The normalized spacial score (nSPS) is 14.6. The number of carboxylic acid groups (broad SMARTS) is 1. The Labute approximate surface area is 110 Å². The summed E-state index contributed by atoms with van der Waals surface area (Å²) in [6.45, 7) is 3.72. The molecule has 0 bridgehead atoms. The Bertz CT molecular complexity index is 657. The third-order valence-electron chi connectivity index (χ3n) is 3.57. The van der Waals surface area contributed by atoms with Gasteiger partial charge in [-0.05, 0) is 37.8 Å². The zero-order chi connectivity index (χ0) is 13.6. The summed E-state index contributed by atoms with van der Waals surface area (Å²) in [6, 6.07) is 4.19. The fraction of sp³-hybridized carbons (Fsp3) is 0.357. The van der Waals surface area contributed by atoms with E-state index in [-0.39, 0.29) is 0 Å². The minimum Gasteiger partial charge on any atom is -0.478 e. The molecule has 98 valence electrons. The van der Waals surface area contributed by atoms with Gasteiger partial charge in [-0.25, -0.2) is 4.79 Å². The fourth-order valence-corrected chi connectivity index (χ4v) is 2.42. The molecule has 0 atom stereocenters. The third kappa shape index (κ3) is 1.91. The van der Waals surface area contributed by atoms with Crippen molar-refractivity contribution >= 4 is 5.97 Å². The van der Waals surface area contributed by atoms with Crippen LogP contribution in [0.5, 0.6) is 0 Å². The molecule has 0 saturated heterocycles. The number of hydrogen-bond donors (Lipinski definition) is 1. The van der Waals surface area contributed by atoms with Gasteiger partial charge < -0.3 is 9.67 Å². The van der Waals surface area contributed by atoms with Crippen molar-refractivity contribution in [3.63, 3.8) is 0 Å². The molecule has 1 heterocycles. The van der Waals surface area contributed by atoms with Gasteiger partial charge in [-0.15, -0.1) is 10.2 Å². The van der Waals surface area contributed by atoms with E-state index in [2.05, 4.69) is 10.2 Å². The van der Waals surface area contributed by atoms with E-state index < -0.39 is 5.97 Å². The maximum atomic E-state index is 11.5. The largest absolute Gasteiger partial charge is 0.478 e. The highest BCUT2D eigenvalue weighted by Gasteiger charge is 2.29. The molecule has 1 aromatic carbocycles. The van der Waals surface area contributed by atoms with Crippen molar-refractivity contribution in [1.82, 2.24) is 14.8 Å². The monoisotopic (exact) mass is 257 g/mol. The van der Waals surface area contributed by atoms with Gasteiger partial charge >= 0.3 is 5.97 Å². The molecule has 5 nitrogen and oxygen atoms in total. The van der Waals surface area contributed by atoms with Gasteiger partial charge in [0.05, 0.1) is 5.56 Å². The lowest BCUT2D eigenvalue weighted by Gasteiger charge is -2.13. The second-order valence-corrected chi connectivity index (χ2v) is 5.05. The maximum Gasteiger partial charge on any atom is 0.336 e. The lowest BCUT2D eigenvalue weighted by atomic mass is 9.96. The van der Waals surface area contributed by atoms with Crippen LogP contribution in [0.15, 0.2) is 18.5 Å². The number of benzene rings is 1. The van der Waals surface area contributed by atoms with Crippen molar-refractivity contribution in [1.29, 1.82) is 0 Å². The van der Waals surface area contributed by atoms with Crippen LogP contribution in [0.3, 0.4) is 0 Å². The summed E-state index contributed by atoms with van der Waals surface area (Å²) in [7, 11) is 0. The summed E-state index contributed by atoms with van der Waals surface area (Å²) in [5, 5.41) is 17.6. The van der Waals surface area contributed by atoms with Crippen molar-refractivity contribution in [2.75, 3.05) is 0 Å². The highest BCUT2D eigenvalue weighted by molar-refractivity contribution is 5.97. The average Bonchev–Trinajstić information content (AvgIpc) is 3.10. The lowest BCUT2D eigenvalue weighted by molar-refractivity contribution is 0.0697. The molecule has 0 amide bonds. The molecule has 1 aliphatic carbocycles. The molecule has 1 N–H and O–H groups in total. The van der Waals surface area contributed by atoms with Gasteiger partial charge in [-0.3, -0.25) is 0 Å². The summed E-state index contributed by atoms with van der Waals surface area (Å²) in [5.74, 6) is -0.248. The highest BCUT2D eigenvalue weighted by atomic mass is 16.4. The van der Waals surface area contributed by atoms with Gasteiger partial charge in [-0.1, -0.05) is 12.1 Å². The second kappa shape index (κ2) is 4.19. The number of aromatic nitrogens is 3. The Balaban J connectivity index is 2.26. The summed E-state index contributed by atoms with van der Waals surface area (Å²) in [5.41, 5.74) is 2.68.